The van der Waals surface area contributed by atoms with Crippen LogP contribution in [-0.2, 0) is 19.0 Å². The number of hydrogen-bond donors (Lipinski definition) is 0. The summed E-state index contributed by atoms with van der Waals surface area (Å²) in [4.78, 5) is 4.88. The topological polar surface area (TPSA) is 44.9 Å². The molecule has 2 aromatic carbocycles. The van der Waals surface area contributed by atoms with E-state index in [9.17, 15) is 13.2 Å². The number of pyridine rings is 1. The van der Waals surface area contributed by atoms with Gasteiger partial charge < -0.3 is 9.30 Å². The van der Waals surface area contributed by atoms with Gasteiger partial charge in [0.05, 0.1) is 34.6 Å². The van der Waals surface area contributed by atoms with Crippen molar-refractivity contribution in [2.45, 2.75) is 39.8 Å². The summed E-state index contributed by atoms with van der Waals surface area (Å²) in [6.45, 7) is 6.10. The predicted molar refractivity (Wildman–Crippen MR) is 137 cm³/mol. The van der Waals surface area contributed by atoms with Crippen LogP contribution >= 0.6 is 0 Å². The maximum absolute atomic E-state index is 14.6. The van der Waals surface area contributed by atoms with E-state index in [0.717, 1.165) is 28.4 Å². The minimum atomic E-state index is -4.54. The Kier molecular flexibility index (Phi) is 5.36. The average molecular weight is 503 g/mol. The number of halogens is 3. The van der Waals surface area contributed by atoms with Crippen LogP contribution in [0, 0.1) is 13.8 Å². The maximum atomic E-state index is 14.6. The van der Waals surface area contributed by atoms with E-state index in [0.29, 0.717) is 30.1 Å². The molecule has 0 saturated carbocycles. The van der Waals surface area contributed by atoms with Gasteiger partial charge in [0, 0.05) is 22.6 Å². The molecular formula is C29H25F3N4O. The van der Waals surface area contributed by atoms with Gasteiger partial charge in [0.15, 0.2) is 5.65 Å². The van der Waals surface area contributed by atoms with Gasteiger partial charge in [-0.3, -0.25) is 0 Å². The van der Waals surface area contributed by atoms with E-state index in [1.165, 1.54) is 4.68 Å². The first-order valence-electron chi connectivity index (χ1n) is 12.3. The highest BCUT2D eigenvalue weighted by atomic mass is 19.4. The van der Waals surface area contributed by atoms with Crippen LogP contribution in [0.5, 0.6) is 5.75 Å². The fraction of sp³-hybridized carbons (Fsp3) is 0.241. The summed E-state index contributed by atoms with van der Waals surface area (Å²) in [5.74, 6) is 0.777. The predicted octanol–water partition coefficient (Wildman–Crippen LogP) is 7.01. The number of rotatable bonds is 4. The number of nitrogens with zero attached hydrogens (tertiary/aromatic N) is 4. The van der Waals surface area contributed by atoms with Crippen molar-refractivity contribution in [1.29, 1.82) is 0 Å². The zero-order valence-electron chi connectivity index (χ0n) is 20.7. The molecule has 1 aliphatic carbocycles. The molecule has 0 amide bonds. The Hall–Kier alpha value is -4.07. The first-order valence-corrected chi connectivity index (χ1v) is 12.3. The highest BCUT2D eigenvalue weighted by Gasteiger charge is 2.41. The third-order valence-corrected chi connectivity index (χ3v) is 6.94. The lowest BCUT2D eigenvalue weighted by Crippen LogP contribution is -2.17. The molecule has 0 N–H and O–H groups in total. The van der Waals surface area contributed by atoms with E-state index in [2.05, 4.69) is 9.67 Å². The van der Waals surface area contributed by atoms with E-state index in [1.54, 1.807) is 6.92 Å². The zero-order chi connectivity index (χ0) is 25.9. The minimum Gasteiger partial charge on any atom is -0.494 e. The van der Waals surface area contributed by atoms with Gasteiger partial charge in [-0.1, -0.05) is 18.2 Å². The van der Waals surface area contributed by atoms with Gasteiger partial charge in [-0.05, 0) is 81.6 Å². The van der Waals surface area contributed by atoms with Crippen LogP contribution in [-0.4, -0.2) is 25.9 Å². The molecule has 0 radical (unpaired) electrons. The number of hydrogen-bond acceptors (Lipinski definition) is 3. The largest absolute Gasteiger partial charge is 0.494 e. The number of ether oxygens (including phenoxy) is 1. The van der Waals surface area contributed by atoms with Gasteiger partial charge >= 0.3 is 6.18 Å². The van der Waals surface area contributed by atoms with Crippen molar-refractivity contribution in [3.63, 3.8) is 0 Å². The van der Waals surface area contributed by atoms with Crippen LogP contribution in [0.25, 0.3) is 33.7 Å². The number of aryl methyl sites for hydroxylation is 2. The lowest BCUT2D eigenvalue weighted by molar-refractivity contribution is -0.136. The van der Waals surface area contributed by atoms with Crippen molar-refractivity contribution in [2.24, 2.45) is 0 Å². The van der Waals surface area contributed by atoms with Crippen LogP contribution in [0.3, 0.4) is 0 Å². The van der Waals surface area contributed by atoms with Crippen molar-refractivity contribution >= 4 is 11.0 Å². The zero-order valence-corrected chi connectivity index (χ0v) is 20.7. The fourth-order valence-corrected chi connectivity index (χ4v) is 5.48. The minimum absolute atomic E-state index is 0.0706. The van der Waals surface area contributed by atoms with E-state index < -0.39 is 11.7 Å². The SMILES string of the molecule is CCOc1ccc(-n2c(C)cc3c2CCc2c-3nc3c(c(C)nn3-c3ccccc3)c2C(F)(F)F)cc1. The summed E-state index contributed by atoms with van der Waals surface area (Å²) >= 11 is 0. The summed E-state index contributed by atoms with van der Waals surface area (Å²) in [7, 11) is 0. The number of fused-ring (bicyclic) bond motifs is 4. The molecule has 5 aromatic rings. The Morgan fingerprint density at radius 3 is 2.35 bits per heavy atom. The van der Waals surface area contributed by atoms with Crippen LogP contribution in [0.4, 0.5) is 13.2 Å². The first kappa shape index (κ1) is 23.3. The van der Waals surface area contributed by atoms with Crippen molar-refractivity contribution in [1.82, 2.24) is 19.3 Å². The van der Waals surface area contributed by atoms with Crippen LogP contribution in [0.2, 0.25) is 0 Å². The summed E-state index contributed by atoms with van der Waals surface area (Å²) in [6, 6.07) is 18.9. The molecule has 3 heterocycles. The second-order valence-electron chi connectivity index (χ2n) is 9.25. The molecule has 5 nitrogen and oxygen atoms in total. The Morgan fingerprint density at radius 2 is 1.68 bits per heavy atom. The summed E-state index contributed by atoms with van der Waals surface area (Å²) in [5.41, 5.74) is 4.76. The quantitative estimate of drug-likeness (QED) is 0.266. The molecule has 0 fully saturated rings. The van der Waals surface area contributed by atoms with Gasteiger partial charge in [0.1, 0.15) is 5.75 Å². The normalized spacial score (nSPS) is 13.0. The second kappa shape index (κ2) is 8.50. The van der Waals surface area contributed by atoms with Gasteiger partial charge in [0.2, 0.25) is 0 Å². The monoisotopic (exact) mass is 502 g/mol. The molecule has 0 saturated heterocycles. The molecule has 0 aliphatic heterocycles. The third kappa shape index (κ3) is 3.70. The third-order valence-electron chi connectivity index (χ3n) is 6.94. The Labute approximate surface area is 212 Å². The van der Waals surface area contributed by atoms with E-state index in [-0.39, 0.29) is 23.0 Å². The Balaban J connectivity index is 1.61. The maximum Gasteiger partial charge on any atom is 0.417 e. The van der Waals surface area contributed by atoms with Gasteiger partial charge in [-0.2, -0.15) is 18.3 Å². The Morgan fingerprint density at radius 1 is 0.946 bits per heavy atom. The molecule has 6 rings (SSSR count). The van der Waals surface area contributed by atoms with E-state index in [1.807, 2.05) is 74.5 Å². The molecule has 3 aromatic heterocycles. The lowest BCUT2D eigenvalue weighted by Gasteiger charge is -2.23. The molecule has 188 valence electrons. The fourth-order valence-electron chi connectivity index (χ4n) is 5.48. The highest BCUT2D eigenvalue weighted by molar-refractivity contribution is 5.90. The molecule has 8 heteroatoms. The molecular weight excluding hydrogens is 477 g/mol. The molecule has 0 bridgehead atoms. The number of para-hydroxylation sites is 1. The van der Waals surface area contributed by atoms with Gasteiger partial charge in [0.25, 0.3) is 0 Å². The van der Waals surface area contributed by atoms with Crippen molar-refractivity contribution in [2.75, 3.05) is 6.61 Å². The Bertz CT molecular complexity index is 1630. The van der Waals surface area contributed by atoms with Gasteiger partial charge in [-0.25, -0.2) is 9.67 Å². The number of benzene rings is 2. The number of aromatic nitrogens is 4. The smallest absolute Gasteiger partial charge is 0.417 e. The summed E-state index contributed by atoms with van der Waals surface area (Å²) < 4.78 is 53.1. The van der Waals surface area contributed by atoms with Crippen molar-refractivity contribution in [3.8, 4) is 28.4 Å². The van der Waals surface area contributed by atoms with Crippen LogP contribution < -0.4 is 4.74 Å². The van der Waals surface area contributed by atoms with E-state index >= 15 is 0 Å². The number of alkyl halides is 3. The molecule has 37 heavy (non-hydrogen) atoms. The average Bonchev–Trinajstić information content (AvgIpc) is 3.39. The summed E-state index contributed by atoms with van der Waals surface area (Å²) in [5, 5.41) is 4.56. The van der Waals surface area contributed by atoms with Crippen molar-refractivity contribution < 1.29 is 17.9 Å². The van der Waals surface area contributed by atoms with E-state index in [4.69, 9.17) is 9.72 Å². The van der Waals surface area contributed by atoms with Crippen LogP contribution in [0.1, 0.15) is 35.1 Å². The molecule has 1 aliphatic rings. The van der Waals surface area contributed by atoms with Crippen LogP contribution in [0.15, 0.2) is 60.7 Å². The standard InChI is InChI=1S/C29H25F3N4O/c1-4-37-21-12-10-19(11-13-21)35-17(2)16-23-24(35)15-14-22-26(29(30,31)32)25-18(3)34-36(28(25)33-27(22)23)20-8-6-5-7-9-20/h5-13,16H,4,14-15H2,1-3H3. The first-order chi connectivity index (χ1) is 17.8. The summed E-state index contributed by atoms with van der Waals surface area (Å²) in [6.07, 6.45) is -3.81. The van der Waals surface area contributed by atoms with Crippen molar-refractivity contribution in [3.05, 3.63) is 88.9 Å². The highest BCUT2D eigenvalue weighted by Crippen LogP contribution is 2.46. The molecule has 0 spiro atoms. The lowest BCUT2D eigenvalue weighted by atomic mass is 9.88. The van der Waals surface area contributed by atoms with Gasteiger partial charge in [-0.15, -0.1) is 0 Å². The molecule has 0 unspecified atom stereocenters. The molecule has 0 atom stereocenters. The second-order valence-corrected chi connectivity index (χ2v) is 9.25.